The predicted molar refractivity (Wildman–Crippen MR) is 200 cm³/mol. The zero-order valence-electron chi connectivity index (χ0n) is 26.1. The lowest BCUT2D eigenvalue weighted by molar-refractivity contribution is 1.08. The molecule has 0 aliphatic carbocycles. The van der Waals surface area contributed by atoms with Crippen molar-refractivity contribution in [2.45, 2.75) is 0 Å². The molecule has 0 amide bonds. The summed E-state index contributed by atoms with van der Waals surface area (Å²) < 4.78 is 0. The average molecular weight is 612 g/mol. The van der Waals surface area contributed by atoms with Crippen molar-refractivity contribution >= 4 is 32.3 Å². The number of hydrogen-bond donors (Lipinski definition) is 0. The number of hydrogen-bond acceptors (Lipinski definition) is 3. The van der Waals surface area contributed by atoms with E-state index in [-0.39, 0.29) is 0 Å². The van der Waals surface area contributed by atoms with Crippen molar-refractivity contribution < 1.29 is 0 Å². The second-order valence-electron chi connectivity index (χ2n) is 12.0. The van der Waals surface area contributed by atoms with Crippen LogP contribution in [0.2, 0.25) is 0 Å². The van der Waals surface area contributed by atoms with Crippen LogP contribution in [0.5, 0.6) is 0 Å². The Bertz CT molecular complexity index is 2530. The summed E-state index contributed by atoms with van der Waals surface area (Å²) in [6.45, 7) is 0. The fraction of sp³-hybridized carbons (Fsp3) is 0. The third-order valence-corrected chi connectivity index (χ3v) is 9.12. The van der Waals surface area contributed by atoms with Gasteiger partial charge in [0.1, 0.15) is 0 Å². The van der Waals surface area contributed by atoms with E-state index >= 15 is 0 Å². The van der Waals surface area contributed by atoms with Gasteiger partial charge in [0.15, 0.2) is 17.5 Å². The van der Waals surface area contributed by atoms with Crippen molar-refractivity contribution in [3.63, 3.8) is 0 Å². The highest BCUT2D eigenvalue weighted by atomic mass is 15.0. The van der Waals surface area contributed by atoms with Crippen molar-refractivity contribution in [3.05, 3.63) is 176 Å². The van der Waals surface area contributed by atoms with Gasteiger partial charge in [-0.1, -0.05) is 176 Å². The minimum absolute atomic E-state index is 0.646. The summed E-state index contributed by atoms with van der Waals surface area (Å²) in [4.78, 5) is 15.1. The Kier molecular flexibility index (Phi) is 6.80. The molecule has 0 fully saturated rings. The lowest BCUT2D eigenvalue weighted by Crippen LogP contribution is -2.00. The fourth-order valence-electron chi connectivity index (χ4n) is 6.90. The summed E-state index contributed by atoms with van der Waals surface area (Å²) in [6.07, 6.45) is 0. The van der Waals surface area contributed by atoms with Crippen LogP contribution in [0.1, 0.15) is 0 Å². The molecule has 0 atom stereocenters. The largest absolute Gasteiger partial charge is 0.208 e. The normalized spacial score (nSPS) is 11.3. The molecular weight excluding hydrogens is 583 g/mol. The van der Waals surface area contributed by atoms with Gasteiger partial charge in [-0.05, 0) is 54.6 Å². The highest BCUT2D eigenvalue weighted by Gasteiger charge is 2.18. The molecule has 1 aromatic heterocycles. The van der Waals surface area contributed by atoms with Crippen molar-refractivity contribution in [2.24, 2.45) is 0 Å². The molecule has 0 aliphatic rings. The minimum Gasteiger partial charge on any atom is -0.208 e. The lowest BCUT2D eigenvalue weighted by Gasteiger charge is -2.18. The Hall–Kier alpha value is -6.45. The van der Waals surface area contributed by atoms with Crippen LogP contribution >= 0.6 is 0 Å². The molecule has 8 aromatic carbocycles. The molecule has 48 heavy (non-hydrogen) atoms. The average Bonchev–Trinajstić information content (AvgIpc) is 3.17. The fourth-order valence-corrected chi connectivity index (χ4v) is 6.90. The summed E-state index contributed by atoms with van der Waals surface area (Å²) in [5.41, 5.74) is 7.74. The maximum absolute atomic E-state index is 5.07. The summed E-state index contributed by atoms with van der Waals surface area (Å²) >= 11 is 0. The molecule has 0 unspecified atom stereocenters. The second kappa shape index (κ2) is 11.7. The topological polar surface area (TPSA) is 38.7 Å². The Morgan fingerprint density at radius 3 is 1.19 bits per heavy atom. The molecular formula is C45H29N3. The van der Waals surface area contributed by atoms with Gasteiger partial charge in [0, 0.05) is 16.7 Å². The minimum atomic E-state index is 0.646. The van der Waals surface area contributed by atoms with Crippen molar-refractivity contribution in [2.75, 3.05) is 0 Å². The van der Waals surface area contributed by atoms with Gasteiger partial charge in [-0.15, -0.1) is 0 Å². The van der Waals surface area contributed by atoms with Crippen LogP contribution in [0.3, 0.4) is 0 Å². The number of fused-ring (bicyclic) bond motifs is 3. The van der Waals surface area contributed by atoms with Crippen LogP contribution in [-0.4, -0.2) is 15.0 Å². The van der Waals surface area contributed by atoms with E-state index in [0.29, 0.717) is 17.5 Å². The second-order valence-corrected chi connectivity index (χ2v) is 12.0. The van der Waals surface area contributed by atoms with Crippen molar-refractivity contribution in [1.29, 1.82) is 0 Å². The maximum atomic E-state index is 5.07. The van der Waals surface area contributed by atoms with E-state index in [0.717, 1.165) is 33.0 Å². The molecule has 3 nitrogen and oxygen atoms in total. The highest BCUT2D eigenvalue weighted by molar-refractivity contribution is 6.21. The number of nitrogens with zero attached hydrogens (tertiary/aromatic N) is 3. The maximum Gasteiger partial charge on any atom is 0.164 e. The molecule has 0 N–H and O–H groups in total. The van der Waals surface area contributed by atoms with Crippen LogP contribution in [0.25, 0.3) is 88.7 Å². The van der Waals surface area contributed by atoms with Crippen LogP contribution in [0, 0.1) is 0 Å². The standard InChI is InChI=1S/C45H29N3/c1-3-15-31(16-4-1)41-36-21-9-11-23-38(36)42(39-24-12-10-22-37(39)41)32-26-28-34(29-27-32)44-46-43(33-17-5-2-6-18-33)47-45(48-44)40-25-13-19-30-14-7-8-20-35(30)40/h1-29H. The van der Waals surface area contributed by atoms with E-state index in [9.17, 15) is 0 Å². The Morgan fingerprint density at radius 2 is 0.625 bits per heavy atom. The third-order valence-electron chi connectivity index (χ3n) is 9.12. The lowest BCUT2D eigenvalue weighted by atomic mass is 9.86. The predicted octanol–water partition coefficient (Wildman–Crippen LogP) is 11.7. The van der Waals surface area contributed by atoms with Gasteiger partial charge >= 0.3 is 0 Å². The number of aromatic nitrogens is 3. The van der Waals surface area contributed by atoms with Crippen LogP contribution < -0.4 is 0 Å². The first-order chi connectivity index (χ1) is 23.8. The van der Waals surface area contributed by atoms with E-state index in [2.05, 4.69) is 146 Å². The smallest absolute Gasteiger partial charge is 0.164 e. The molecule has 9 aromatic rings. The molecule has 0 aliphatic heterocycles. The van der Waals surface area contributed by atoms with Gasteiger partial charge in [-0.2, -0.15) is 0 Å². The van der Waals surface area contributed by atoms with Crippen LogP contribution in [-0.2, 0) is 0 Å². The van der Waals surface area contributed by atoms with Gasteiger partial charge in [0.05, 0.1) is 0 Å². The molecule has 3 heteroatoms. The highest BCUT2D eigenvalue weighted by Crippen LogP contribution is 2.43. The summed E-state index contributed by atoms with van der Waals surface area (Å²) in [7, 11) is 0. The Labute approximate surface area is 278 Å². The van der Waals surface area contributed by atoms with Gasteiger partial charge in [-0.25, -0.2) is 15.0 Å². The SMILES string of the molecule is c1ccc(-c2nc(-c3ccc(-c4c5ccccc5c(-c5ccccc5)c5ccccc45)cc3)nc(-c3cccc4ccccc34)n2)cc1. The summed E-state index contributed by atoms with van der Waals surface area (Å²) in [6, 6.07) is 61.7. The summed E-state index contributed by atoms with van der Waals surface area (Å²) in [5.74, 6) is 1.96. The van der Waals surface area contributed by atoms with E-state index in [1.807, 2.05) is 30.3 Å². The van der Waals surface area contributed by atoms with Gasteiger partial charge in [0.2, 0.25) is 0 Å². The monoisotopic (exact) mass is 611 g/mol. The first-order valence-electron chi connectivity index (χ1n) is 16.2. The third kappa shape index (κ3) is 4.81. The van der Waals surface area contributed by atoms with E-state index in [1.54, 1.807) is 0 Å². The quantitative estimate of drug-likeness (QED) is 0.182. The van der Waals surface area contributed by atoms with Gasteiger partial charge in [0.25, 0.3) is 0 Å². The van der Waals surface area contributed by atoms with E-state index < -0.39 is 0 Å². The number of benzene rings is 8. The first-order valence-corrected chi connectivity index (χ1v) is 16.2. The van der Waals surface area contributed by atoms with E-state index in [4.69, 9.17) is 15.0 Å². The van der Waals surface area contributed by atoms with Gasteiger partial charge < -0.3 is 0 Å². The zero-order chi connectivity index (χ0) is 31.9. The first kappa shape index (κ1) is 27.8. The van der Waals surface area contributed by atoms with E-state index in [1.165, 1.54) is 38.2 Å². The van der Waals surface area contributed by atoms with Crippen LogP contribution in [0.4, 0.5) is 0 Å². The Morgan fingerprint density at radius 1 is 0.250 bits per heavy atom. The van der Waals surface area contributed by atoms with Crippen LogP contribution in [0.15, 0.2) is 176 Å². The number of rotatable bonds is 5. The molecule has 0 spiro atoms. The molecule has 224 valence electrons. The van der Waals surface area contributed by atoms with Crippen molar-refractivity contribution in [1.82, 2.24) is 15.0 Å². The molecule has 9 rings (SSSR count). The molecule has 0 radical (unpaired) electrons. The summed E-state index contributed by atoms with van der Waals surface area (Å²) in [5, 5.41) is 7.21. The molecule has 1 heterocycles. The zero-order valence-corrected chi connectivity index (χ0v) is 26.1. The molecule has 0 bridgehead atoms. The van der Waals surface area contributed by atoms with Crippen molar-refractivity contribution in [3.8, 4) is 56.4 Å². The Balaban J connectivity index is 1.22. The molecule has 0 saturated carbocycles. The van der Waals surface area contributed by atoms with Gasteiger partial charge in [-0.3, -0.25) is 0 Å². The molecule has 0 saturated heterocycles.